The molecule has 0 radical (unpaired) electrons. The maximum absolute atomic E-state index is 11.7. The minimum atomic E-state index is -3.24. The van der Waals surface area contributed by atoms with Crippen molar-refractivity contribution in [2.24, 2.45) is 0 Å². The molecule has 0 saturated heterocycles. The Labute approximate surface area is 152 Å². The molecule has 1 aliphatic heterocycles. The van der Waals surface area contributed by atoms with Gasteiger partial charge in [-0.3, -0.25) is 5.32 Å². The fourth-order valence-corrected chi connectivity index (χ4v) is 3.03. The summed E-state index contributed by atoms with van der Waals surface area (Å²) in [4.78, 5) is 17.6. The van der Waals surface area contributed by atoms with Gasteiger partial charge in [0.25, 0.3) is 0 Å². The maximum atomic E-state index is 11.7. The lowest BCUT2D eigenvalue weighted by molar-refractivity contribution is 0.218. The molecule has 1 aromatic carbocycles. The summed E-state index contributed by atoms with van der Waals surface area (Å²) in [6.45, 7) is 0.701. The minimum Gasteiger partial charge on any atom is -0.323 e. The SMILES string of the molecule is CN1Cc2c(-c3cccc(CNS(C)(=O)=O)c3)ccnc2NC1=O.Cl. The van der Waals surface area contributed by atoms with Crippen molar-refractivity contribution in [3.63, 3.8) is 0 Å². The van der Waals surface area contributed by atoms with Crippen molar-refractivity contribution in [1.29, 1.82) is 0 Å². The van der Waals surface area contributed by atoms with E-state index < -0.39 is 10.0 Å². The molecule has 0 bridgehead atoms. The first kappa shape index (κ1) is 19.2. The summed E-state index contributed by atoms with van der Waals surface area (Å²) in [7, 11) is -1.52. The van der Waals surface area contributed by atoms with E-state index in [-0.39, 0.29) is 25.0 Å². The first-order chi connectivity index (χ1) is 11.3. The molecule has 9 heteroatoms. The van der Waals surface area contributed by atoms with Crippen molar-refractivity contribution in [3.05, 3.63) is 47.7 Å². The van der Waals surface area contributed by atoms with Crippen LogP contribution in [0.4, 0.5) is 10.6 Å². The third-order valence-corrected chi connectivity index (χ3v) is 4.47. The minimum absolute atomic E-state index is 0. The highest BCUT2D eigenvalue weighted by atomic mass is 35.5. The van der Waals surface area contributed by atoms with Crippen LogP contribution in [0.3, 0.4) is 0 Å². The van der Waals surface area contributed by atoms with Gasteiger partial charge in [0.05, 0.1) is 12.8 Å². The van der Waals surface area contributed by atoms with E-state index in [4.69, 9.17) is 0 Å². The lowest BCUT2D eigenvalue weighted by atomic mass is 9.98. The van der Waals surface area contributed by atoms with Gasteiger partial charge in [-0.05, 0) is 28.8 Å². The summed E-state index contributed by atoms with van der Waals surface area (Å²) in [5.74, 6) is 0.565. The Morgan fingerprint density at radius 1 is 1.32 bits per heavy atom. The molecule has 0 aliphatic carbocycles. The standard InChI is InChI=1S/C16H18N4O3S.ClH/c1-20-10-14-13(6-7-17-15(14)19-16(20)21)12-5-3-4-11(8-12)9-18-24(2,22)23;/h3-8,18H,9-10H2,1-2H3,(H,17,19,21);1H. The van der Waals surface area contributed by atoms with Crippen LogP contribution >= 0.6 is 12.4 Å². The molecule has 0 saturated carbocycles. The zero-order valence-corrected chi connectivity index (χ0v) is 15.4. The van der Waals surface area contributed by atoms with E-state index in [1.807, 2.05) is 30.3 Å². The number of fused-ring (bicyclic) bond motifs is 1. The molecule has 2 amide bonds. The molecule has 2 N–H and O–H groups in total. The van der Waals surface area contributed by atoms with Crippen LogP contribution in [-0.2, 0) is 23.1 Å². The normalized spacial score (nSPS) is 13.7. The van der Waals surface area contributed by atoms with Gasteiger partial charge in [0.2, 0.25) is 10.0 Å². The van der Waals surface area contributed by atoms with E-state index in [1.54, 1.807) is 18.1 Å². The number of carbonyl (C=O) groups is 1. The molecule has 3 rings (SSSR count). The van der Waals surface area contributed by atoms with Gasteiger partial charge in [-0.25, -0.2) is 22.9 Å². The topological polar surface area (TPSA) is 91.4 Å². The summed E-state index contributed by atoms with van der Waals surface area (Å²) in [5, 5.41) is 2.76. The number of carbonyl (C=O) groups excluding carboxylic acids is 1. The Morgan fingerprint density at radius 2 is 2.08 bits per heavy atom. The van der Waals surface area contributed by atoms with Crippen LogP contribution in [0.2, 0.25) is 0 Å². The number of nitrogens with zero attached hydrogens (tertiary/aromatic N) is 2. The van der Waals surface area contributed by atoms with Crippen LogP contribution in [0.1, 0.15) is 11.1 Å². The number of halogens is 1. The zero-order chi connectivity index (χ0) is 17.3. The van der Waals surface area contributed by atoms with Crippen LogP contribution < -0.4 is 10.0 Å². The zero-order valence-electron chi connectivity index (χ0n) is 13.8. The second-order valence-corrected chi connectivity index (χ2v) is 7.60. The Hall–Kier alpha value is -2.16. The monoisotopic (exact) mass is 382 g/mol. The summed E-state index contributed by atoms with van der Waals surface area (Å²) < 4.78 is 25.0. The molecule has 0 spiro atoms. The van der Waals surface area contributed by atoms with Gasteiger partial charge < -0.3 is 4.90 Å². The van der Waals surface area contributed by atoms with E-state index in [2.05, 4.69) is 15.0 Å². The predicted octanol–water partition coefficient (Wildman–Crippen LogP) is 2.20. The van der Waals surface area contributed by atoms with Gasteiger partial charge in [-0.2, -0.15) is 0 Å². The first-order valence-corrected chi connectivity index (χ1v) is 9.26. The van der Waals surface area contributed by atoms with E-state index in [0.717, 1.165) is 28.5 Å². The van der Waals surface area contributed by atoms with E-state index in [9.17, 15) is 13.2 Å². The number of benzene rings is 1. The van der Waals surface area contributed by atoms with E-state index in [1.165, 1.54) is 0 Å². The summed E-state index contributed by atoms with van der Waals surface area (Å²) >= 11 is 0. The van der Waals surface area contributed by atoms with Gasteiger partial charge in [0.1, 0.15) is 5.82 Å². The smallest absolute Gasteiger partial charge is 0.323 e. The average Bonchev–Trinajstić information content (AvgIpc) is 2.53. The van der Waals surface area contributed by atoms with Crippen LogP contribution in [0, 0.1) is 0 Å². The van der Waals surface area contributed by atoms with Gasteiger partial charge in [0, 0.05) is 25.4 Å². The molecule has 7 nitrogen and oxygen atoms in total. The lowest BCUT2D eigenvalue weighted by Gasteiger charge is -2.27. The summed E-state index contributed by atoms with van der Waals surface area (Å²) in [6, 6.07) is 9.35. The second-order valence-electron chi connectivity index (χ2n) is 5.77. The van der Waals surface area contributed by atoms with Crippen molar-refractivity contribution in [2.75, 3.05) is 18.6 Å². The van der Waals surface area contributed by atoms with Crippen LogP contribution in [-0.4, -0.2) is 37.6 Å². The van der Waals surface area contributed by atoms with E-state index in [0.29, 0.717) is 12.4 Å². The predicted molar refractivity (Wildman–Crippen MR) is 99.1 cm³/mol. The van der Waals surface area contributed by atoms with Gasteiger partial charge in [-0.15, -0.1) is 12.4 Å². The molecule has 0 atom stereocenters. The Kier molecular flexibility index (Phi) is 5.66. The third-order valence-electron chi connectivity index (χ3n) is 3.80. The number of hydrogen-bond donors (Lipinski definition) is 2. The fraction of sp³-hybridized carbons (Fsp3) is 0.250. The molecular formula is C16H19ClN4O3S. The number of anilines is 1. The number of rotatable bonds is 4. The van der Waals surface area contributed by atoms with Crippen molar-refractivity contribution in [2.45, 2.75) is 13.1 Å². The number of amides is 2. The quantitative estimate of drug-likeness (QED) is 0.847. The maximum Gasteiger partial charge on any atom is 0.323 e. The Morgan fingerprint density at radius 3 is 2.80 bits per heavy atom. The number of aromatic nitrogens is 1. The average molecular weight is 383 g/mol. The largest absolute Gasteiger partial charge is 0.323 e. The number of urea groups is 1. The van der Waals surface area contributed by atoms with Crippen molar-refractivity contribution >= 4 is 34.3 Å². The highest BCUT2D eigenvalue weighted by Crippen LogP contribution is 2.31. The number of hydrogen-bond acceptors (Lipinski definition) is 4. The molecule has 2 aromatic rings. The van der Waals surface area contributed by atoms with Crippen LogP contribution in [0.25, 0.3) is 11.1 Å². The molecule has 1 aliphatic rings. The summed E-state index contributed by atoms with van der Waals surface area (Å²) in [5.41, 5.74) is 3.71. The highest BCUT2D eigenvalue weighted by molar-refractivity contribution is 7.88. The number of sulfonamides is 1. The molecule has 0 fully saturated rings. The molecular weight excluding hydrogens is 364 g/mol. The van der Waals surface area contributed by atoms with Gasteiger partial charge in [-0.1, -0.05) is 18.2 Å². The highest BCUT2D eigenvalue weighted by Gasteiger charge is 2.23. The lowest BCUT2D eigenvalue weighted by Crippen LogP contribution is -2.36. The molecule has 25 heavy (non-hydrogen) atoms. The number of nitrogens with one attached hydrogen (secondary N) is 2. The van der Waals surface area contributed by atoms with Crippen LogP contribution in [0.15, 0.2) is 36.5 Å². The van der Waals surface area contributed by atoms with Crippen molar-refractivity contribution < 1.29 is 13.2 Å². The van der Waals surface area contributed by atoms with Crippen molar-refractivity contribution in [1.82, 2.24) is 14.6 Å². The Bertz CT molecular complexity index is 902. The van der Waals surface area contributed by atoms with E-state index >= 15 is 0 Å². The second kappa shape index (κ2) is 7.38. The number of pyridine rings is 1. The van der Waals surface area contributed by atoms with Crippen LogP contribution in [0.5, 0.6) is 0 Å². The van der Waals surface area contributed by atoms with Gasteiger partial charge >= 0.3 is 6.03 Å². The molecule has 2 heterocycles. The molecule has 134 valence electrons. The first-order valence-electron chi connectivity index (χ1n) is 7.37. The Balaban J connectivity index is 0.00000225. The fourth-order valence-electron chi connectivity index (χ4n) is 2.60. The third kappa shape index (κ3) is 4.47. The van der Waals surface area contributed by atoms with Crippen molar-refractivity contribution in [3.8, 4) is 11.1 Å². The summed E-state index contributed by atoms with van der Waals surface area (Å²) in [6.07, 6.45) is 2.79. The van der Waals surface area contributed by atoms with Gasteiger partial charge in [0.15, 0.2) is 0 Å². The molecule has 1 aromatic heterocycles. The molecule has 0 unspecified atom stereocenters.